The van der Waals surface area contributed by atoms with E-state index >= 15 is 0 Å². The van der Waals surface area contributed by atoms with Crippen molar-refractivity contribution in [2.24, 2.45) is 0 Å². The van der Waals surface area contributed by atoms with Crippen LogP contribution in [-0.2, 0) is 6.18 Å². The van der Waals surface area contributed by atoms with E-state index in [1.54, 1.807) is 0 Å². The van der Waals surface area contributed by atoms with Crippen LogP contribution in [0.2, 0.25) is 5.02 Å². The Labute approximate surface area is 68.9 Å². The van der Waals surface area contributed by atoms with Crippen molar-refractivity contribution in [3.05, 3.63) is 10.7 Å². The summed E-state index contributed by atoms with van der Waals surface area (Å²) in [5.74, 6) is 0. The molecule has 0 aliphatic rings. The van der Waals surface area contributed by atoms with Gasteiger partial charge in [-0.3, -0.25) is 0 Å². The average Bonchev–Trinajstić information content (AvgIpc) is 2.11. The first-order valence-electron chi connectivity index (χ1n) is 2.40. The number of nitrogens with two attached hydrogens (primary N) is 1. The van der Waals surface area contributed by atoms with E-state index in [4.69, 9.17) is 17.3 Å². The number of nitrogen functional groups attached to an aromatic ring is 1. The maximum absolute atomic E-state index is 11.9. The molecule has 7 heteroatoms. The zero-order valence-corrected chi connectivity index (χ0v) is 6.52. The van der Waals surface area contributed by atoms with Crippen LogP contribution in [0.3, 0.4) is 0 Å². The third-order valence-electron chi connectivity index (χ3n) is 0.928. The molecule has 0 aliphatic carbocycles. The van der Waals surface area contributed by atoms with Crippen LogP contribution in [0.1, 0.15) is 5.69 Å². The first kappa shape index (κ1) is 8.61. The second-order valence-electron chi connectivity index (χ2n) is 1.71. The molecule has 0 aromatic carbocycles. The molecule has 11 heavy (non-hydrogen) atoms. The Morgan fingerprint density at radius 2 is 2.00 bits per heavy atom. The minimum absolute atomic E-state index is 0.112. The highest BCUT2D eigenvalue weighted by Gasteiger charge is 2.37. The highest BCUT2D eigenvalue weighted by molar-refractivity contribution is 7.10. The van der Waals surface area contributed by atoms with E-state index in [1.807, 2.05) is 0 Å². The number of halogens is 4. The fourth-order valence-corrected chi connectivity index (χ4v) is 1.33. The van der Waals surface area contributed by atoms with Crippen molar-refractivity contribution in [2.75, 3.05) is 5.73 Å². The molecule has 2 nitrogen and oxygen atoms in total. The molecule has 0 saturated heterocycles. The standard InChI is InChI=1S/C4H2ClF3N2S/c5-1-2(4(6,7)8)10-11-3(1)9/h9H2. The summed E-state index contributed by atoms with van der Waals surface area (Å²) < 4.78 is 38.6. The Balaban J connectivity index is 3.15. The normalized spacial score (nSPS) is 12.0. The second-order valence-corrected chi connectivity index (χ2v) is 2.89. The van der Waals surface area contributed by atoms with E-state index in [2.05, 4.69) is 4.37 Å². The number of alkyl halides is 3. The summed E-state index contributed by atoms with van der Waals surface area (Å²) in [6.07, 6.45) is -4.51. The van der Waals surface area contributed by atoms with Gasteiger partial charge in [0.1, 0.15) is 10.0 Å². The van der Waals surface area contributed by atoms with Gasteiger partial charge in [-0.25, -0.2) is 0 Å². The lowest BCUT2D eigenvalue weighted by atomic mass is 10.4. The van der Waals surface area contributed by atoms with Crippen molar-refractivity contribution in [3.63, 3.8) is 0 Å². The molecule has 0 bridgehead atoms. The van der Waals surface area contributed by atoms with Crippen LogP contribution < -0.4 is 5.73 Å². The number of aromatic nitrogens is 1. The minimum Gasteiger partial charge on any atom is -0.388 e. The molecule has 0 spiro atoms. The molecule has 0 unspecified atom stereocenters. The molecule has 2 N–H and O–H groups in total. The average molecular weight is 203 g/mol. The number of anilines is 1. The molecule has 1 rings (SSSR count). The summed E-state index contributed by atoms with van der Waals surface area (Å²) in [6.45, 7) is 0. The van der Waals surface area contributed by atoms with Crippen LogP contribution in [0.15, 0.2) is 0 Å². The van der Waals surface area contributed by atoms with Crippen LogP contribution in [0.5, 0.6) is 0 Å². The molecule has 1 aromatic heterocycles. The van der Waals surface area contributed by atoms with Crippen molar-refractivity contribution in [2.45, 2.75) is 6.18 Å². The van der Waals surface area contributed by atoms with Crippen molar-refractivity contribution in [1.29, 1.82) is 0 Å². The van der Waals surface area contributed by atoms with Gasteiger partial charge >= 0.3 is 6.18 Å². The summed E-state index contributed by atoms with van der Waals surface area (Å²) in [4.78, 5) is 0. The van der Waals surface area contributed by atoms with E-state index in [-0.39, 0.29) is 5.00 Å². The van der Waals surface area contributed by atoms with E-state index < -0.39 is 16.9 Å². The first-order valence-corrected chi connectivity index (χ1v) is 3.56. The van der Waals surface area contributed by atoms with Crippen LogP contribution >= 0.6 is 23.1 Å². The van der Waals surface area contributed by atoms with Crippen LogP contribution in [0.4, 0.5) is 18.2 Å². The monoisotopic (exact) mass is 202 g/mol. The lowest BCUT2D eigenvalue weighted by molar-refractivity contribution is -0.140. The fraction of sp³-hybridized carbons (Fsp3) is 0.250. The fourth-order valence-electron chi connectivity index (χ4n) is 0.468. The van der Waals surface area contributed by atoms with Gasteiger partial charge in [0, 0.05) is 0 Å². The van der Waals surface area contributed by atoms with Crippen molar-refractivity contribution in [3.8, 4) is 0 Å². The SMILES string of the molecule is Nc1snc(C(F)(F)F)c1Cl. The predicted molar refractivity (Wildman–Crippen MR) is 36.5 cm³/mol. The van der Waals surface area contributed by atoms with Gasteiger partial charge in [0.15, 0.2) is 5.69 Å². The molecule has 0 radical (unpaired) electrons. The summed E-state index contributed by atoms with van der Waals surface area (Å²) in [6, 6.07) is 0. The molecule has 0 aliphatic heterocycles. The summed E-state index contributed by atoms with van der Waals surface area (Å²) >= 11 is 5.73. The van der Waals surface area contributed by atoms with Gasteiger partial charge < -0.3 is 5.73 Å². The zero-order chi connectivity index (χ0) is 8.65. The first-order chi connectivity index (χ1) is 4.93. The molecule has 0 saturated carbocycles. The second kappa shape index (κ2) is 2.53. The third kappa shape index (κ3) is 1.57. The van der Waals surface area contributed by atoms with Crippen molar-refractivity contribution >= 4 is 28.1 Å². The molecule has 1 heterocycles. The van der Waals surface area contributed by atoms with Crippen LogP contribution in [0.25, 0.3) is 0 Å². The topological polar surface area (TPSA) is 38.9 Å². The molecule has 62 valence electrons. The van der Waals surface area contributed by atoms with Gasteiger partial charge in [-0.1, -0.05) is 11.6 Å². The number of rotatable bonds is 0. The lowest BCUT2D eigenvalue weighted by Gasteiger charge is -2.00. The maximum atomic E-state index is 11.9. The van der Waals surface area contributed by atoms with E-state index in [0.717, 1.165) is 0 Å². The molecule has 0 amide bonds. The van der Waals surface area contributed by atoms with Gasteiger partial charge in [0.05, 0.1) is 0 Å². The lowest BCUT2D eigenvalue weighted by Crippen LogP contribution is -2.05. The Bertz CT molecular complexity index is 269. The van der Waals surface area contributed by atoms with E-state index in [0.29, 0.717) is 11.5 Å². The Hall–Kier alpha value is -0.490. The number of hydrogen-bond acceptors (Lipinski definition) is 3. The molecule has 1 aromatic rings. The van der Waals surface area contributed by atoms with Crippen LogP contribution in [-0.4, -0.2) is 4.37 Å². The summed E-state index contributed by atoms with van der Waals surface area (Å²) in [5, 5.41) is -0.624. The highest BCUT2D eigenvalue weighted by atomic mass is 35.5. The van der Waals surface area contributed by atoms with Crippen LogP contribution in [0, 0.1) is 0 Å². The quantitative estimate of drug-likeness (QED) is 0.702. The molecular weight excluding hydrogens is 201 g/mol. The summed E-state index contributed by atoms with van der Waals surface area (Å²) in [5.41, 5.74) is 3.95. The van der Waals surface area contributed by atoms with Gasteiger partial charge in [-0.2, -0.15) is 17.5 Å². The Morgan fingerprint density at radius 1 is 1.45 bits per heavy atom. The van der Waals surface area contributed by atoms with Gasteiger partial charge in [-0.05, 0) is 11.5 Å². The van der Waals surface area contributed by atoms with Gasteiger partial charge in [-0.15, -0.1) is 0 Å². The van der Waals surface area contributed by atoms with Crippen molar-refractivity contribution < 1.29 is 13.2 Å². The molecular formula is C4H2ClF3N2S. The Kier molecular flexibility index (Phi) is 1.98. The third-order valence-corrected chi connectivity index (χ3v) is 2.10. The Morgan fingerprint density at radius 3 is 2.18 bits per heavy atom. The highest BCUT2D eigenvalue weighted by Crippen LogP contribution is 2.38. The smallest absolute Gasteiger partial charge is 0.388 e. The number of hydrogen-bond donors (Lipinski definition) is 1. The molecule has 0 fully saturated rings. The zero-order valence-electron chi connectivity index (χ0n) is 4.94. The number of nitrogens with zero attached hydrogens (tertiary/aromatic N) is 1. The van der Waals surface area contributed by atoms with E-state index in [1.165, 1.54) is 0 Å². The maximum Gasteiger partial charge on any atom is 0.435 e. The van der Waals surface area contributed by atoms with Crippen molar-refractivity contribution in [1.82, 2.24) is 4.37 Å². The minimum atomic E-state index is -4.51. The van der Waals surface area contributed by atoms with Gasteiger partial charge in [0.2, 0.25) is 0 Å². The van der Waals surface area contributed by atoms with Gasteiger partial charge in [0.25, 0.3) is 0 Å². The van der Waals surface area contributed by atoms with E-state index in [9.17, 15) is 13.2 Å². The molecule has 0 atom stereocenters. The largest absolute Gasteiger partial charge is 0.435 e. The predicted octanol–water partition coefficient (Wildman–Crippen LogP) is 2.40. The summed E-state index contributed by atoms with van der Waals surface area (Å²) in [7, 11) is 0.